The third-order valence-corrected chi connectivity index (χ3v) is 7.51. The molecule has 2 aromatic rings. The van der Waals surface area contributed by atoms with E-state index >= 15 is 0 Å². The minimum Gasteiger partial charge on any atom is -0.309 e. The first kappa shape index (κ1) is 16.4. The topological polar surface area (TPSA) is 35.5 Å². The maximum absolute atomic E-state index is 13.1. The van der Waals surface area contributed by atoms with Crippen LogP contribution in [0, 0.1) is 0 Å². The number of halogens is 2. The molecule has 0 N–H and O–H groups in total. The first-order valence-electron chi connectivity index (χ1n) is 6.60. The normalized spacial score (nSPS) is 24.8. The van der Waals surface area contributed by atoms with E-state index in [4.69, 9.17) is 9.05 Å². The molecule has 0 radical (unpaired) electrons. The van der Waals surface area contributed by atoms with E-state index in [1.807, 2.05) is 54.6 Å². The van der Waals surface area contributed by atoms with Crippen LogP contribution in [0.5, 0.6) is 0 Å². The summed E-state index contributed by atoms with van der Waals surface area (Å²) in [6, 6.07) is 17.4. The van der Waals surface area contributed by atoms with Crippen molar-refractivity contribution in [2.75, 3.05) is 7.11 Å². The van der Waals surface area contributed by atoms with Crippen molar-refractivity contribution in [2.24, 2.45) is 0 Å². The van der Waals surface area contributed by atoms with Gasteiger partial charge in [0.05, 0.1) is 5.31 Å². The van der Waals surface area contributed by atoms with Crippen molar-refractivity contribution in [3.05, 3.63) is 73.8 Å². The molecule has 2 unspecified atom stereocenters. The molecule has 1 aliphatic heterocycles. The van der Waals surface area contributed by atoms with Gasteiger partial charge in [0, 0.05) is 15.2 Å². The van der Waals surface area contributed by atoms with Crippen LogP contribution in [-0.2, 0) is 13.6 Å². The Kier molecular flexibility index (Phi) is 4.90. The molecule has 2 atom stereocenters. The van der Waals surface area contributed by atoms with Gasteiger partial charge in [-0.1, -0.05) is 58.4 Å². The van der Waals surface area contributed by atoms with Crippen LogP contribution < -0.4 is 0 Å². The lowest BCUT2D eigenvalue weighted by atomic mass is 10.1. The van der Waals surface area contributed by atoms with Gasteiger partial charge in [-0.2, -0.15) is 0 Å². The molecule has 0 saturated carbocycles. The minimum absolute atomic E-state index is 0.355. The van der Waals surface area contributed by atoms with Gasteiger partial charge in [0.15, 0.2) is 0 Å². The predicted octanol–water partition coefficient (Wildman–Crippen LogP) is 6.16. The minimum atomic E-state index is -3.32. The molecule has 0 aromatic heterocycles. The molecule has 1 aliphatic rings. The lowest BCUT2D eigenvalue weighted by Crippen LogP contribution is -1.96. The maximum atomic E-state index is 13.1. The molecule has 3 nitrogen and oxygen atoms in total. The van der Waals surface area contributed by atoms with Crippen LogP contribution in [0.3, 0.4) is 0 Å². The number of hydrogen-bond donors (Lipinski definition) is 0. The van der Waals surface area contributed by atoms with E-state index in [1.54, 1.807) is 0 Å². The molecule has 6 heteroatoms. The van der Waals surface area contributed by atoms with Crippen molar-refractivity contribution in [3.8, 4) is 0 Å². The zero-order chi connectivity index (χ0) is 15.7. The Hall–Kier alpha value is -0.460. The molecule has 0 amide bonds. The van der Waals surface area contributed by atoms with E-state index in [2.05, 4.69) is 38.5 Å². The Morgan fingerprint density at radius 3 is 2.36 bits per heavy atom. The molecule has 1 heterocycles. The van der Waals surface area contributed by atoms with Gasteiger partial charge in [0.1, 0.15) is 6.10 Å². The first-order chi connectivity index (χ1) is 10.5. The van der Waals surface area contributed by atoms with Crippen LogP contribution >= 0.6 is 46.1 Å². The van der Waals surface area contributed by atoms with Crippen LogP contribution in [0.2, 0.25) is 0 Å². The third kappa shape index (κ3) is 2.97. The fourth-order valence-electron chi connectivity index (χ4n) is 2.37. The summed E-state index contributed by atoms with van der Waals surface area (Å²) in [5.74, 6) is 0. The largest absolute Gasteiger partial charge is 0.363 e. The lowest BCUT2D eigenvalue weighted by Gasteiger charge is -2.15. The highest BCUT2D eigenvalue weighted by Crippen LogP contribution is 2.71. The lowest BCUT2D eigenvalue weighted by molar-refractivity contribution is 0.213. The second kappa shape index (κ2) is 6.57. The zero-order valence-corrected chi connectivity index (χ0v) is 16.3. The van der Waals surface area contributed by atoms with Gasteiger partial charge in [-0.15, -0.1) is 0 Å². The summed E-state index contributed by atoms with van der Waals surface area (Å²) >= 11 is 5.62. The van der Waals surface area contributed by atoms with Crippen molar-refractivity contribution in [1.82, 2.24) is 0 Å². The van der Waals surface area contributed by atoms with Crippen LogP contribution in [-0.4, -0.2) is 7.11 Å². The van der Waals surface area contributed by atoms with E-state index < -0.39 is 7.60 Å². The third-order valence-electron chi connectivity index (χ3n) is 3.43. The SMILES string of the molecule is COP1(=O)OC(c2ccccc2)C(I)=C1c1ccc(Br)cc1. The maximum Gasteiger partial charge on any atom is 0.363 e. The van der Waals surface area contributed by atoms with Crippen molar-refractivity contribution in [1.29, 1.82) is 0 Å². The van der Waals surface area contributed by atoms with E-state index in [0.717, 1.165) is 19.2 Å². The molecule has 0 fully saturated rings. The number of benzene rings is 2. The van der Waals surface area contributed by atoms with Crippen molar-refractivity contribution >= 4 is 51.4 Å². The van der Waals surface area contributed by atoms with Crippen LogP contribution in [0.4, 0.5) is 0 Å². The highest BCUT2D eigenvalue weighted by molar-refractivity contribution is 14.1. The van der Waals surface area contributed by atoms with Crippen molar-refractivity contribution in [3.63, 3.8) is 0 Å². The second-order valence-electron chi connectivity index (χ2n) is 4.78. The van der Waals surface area contributed by atoms with E-state index in [0.29, 0.717) is 5.31 Å². The van der Waals surface area contributed by atoms with Gasteiger partial charge in [-0.3, -0.25) is 9.09 Å². The average Bonchev–Trinajstić information content (AvgIpc) is 2.81. The fourth-order valence-corrected chi connectivity index (χ4v) is 6.24. The molecular weight excluding hydrogens is 478 g/mol. The Morgan fingerprint density at radius 2 is 1.77 bits per heavy atom. The van der Waals surface area contributed by atoms with E-state index in [1.165, 1.54) is 7.11 Å². The molecule has 0 spiro atoms. The van der Waals surface area contributed by atoms with Crippen molar-refractivity contribution < 1.29 is 13.6 Å². The Balaban J connectivity index is 2.12. The first-order valence-corrected chi connectivity index (χ1v) is 10.0. The average molecular weight is 491 g/mol. The van der Waals surface area contributed by atoms with Crippen LogP contribution in [0.25, 0.3) is 5.31 Å². The molecule has 2 aromatic carbocycles. The molecule has 22 heavy (non-hydrogen) atoms. The van der Waals surface area contributed by atoms with Crippen LogP contribution in [0.1, 0.15) is 17.2 Å². The molecular formula is C16H13BrIO3P. The molecule has 0 aliphatic carbocycles. The highest BCUT2D eigenvalue weighted by Gasteiger charge is 2.44. The second-order valence-corrected chi connectivity index (χ2v) is 8.88. The summed E-state index contributed by atoms with van der Waals surface area (Å²) < 4.78 is 26.1. The van der Waals surface area contributed by atoms with E-state index in [-0.39, 0.29) is 6.10 Å². The number of rotatable bonds is 3. The summed E-state index contributed by atoms with van der Waals surface area (Å²) in [5, 5.41) is 0.650. The van der Waals surface area contributed by atoms with Gasteiger partial charge in [-0.05, 0) is 45.9 Å². The Labute approximate surface area is 151 Å². The predicted molar refractivity (Wildman–Crippen MR) is 100.0 cm³/mol. The Morgan fingerprint density at radius 1 is 1.14 bits per heavy atom. The number of hydrogen-bond acceptors (Lipinski definition) is 3. The van der Waals surface area contributed by atoms with Gasteiger partial charge < -0.3 is 4.52 Å². The van der Waals surface area contributed by atoms with Crippen molar-refractivity contribution in [2.45, 2.75) is 6.10 Å². The monoisotopic (exact) mass is 490 g/mol. The summed E-state index contributed by atoms with van der Waals surface area (Å²) in [7, 11) is -1.89. The highest BCUT2D eigenvalue weighted by atomic mass is 127. The van der Waals surface area contributed by atoms with Gasteiger partial charge >= 0.3 is 7.60 Å². The zero-order valence-electron chi connectivity index (χ0n) is 11.7. The summed E-state index contributed by atoms with van der Waals surface area (Å²) in [5.41, 5.74) is 1.83. The van der Waals surface area contributed by atoms with E-state index in [9.17, 15) is 4.57 Å². The molecule has 0 bridgehead atoms. The van der Waals surface area contributed by atoms with Crippen LogP contribution in [0.15, 0.2) is 62.6 Å². The molecule has 114 valence electrons. The van der Waals surface area contributed by atoms with Gasteiger partial charge in [0.25, 0.3) is 0 Å². The fraction of sp³-hybridized carbons (Fsp3) is 0.125. The van der Waals surface area contributed by atoms with Gasteiger partial charge in [-0.25, -0.2) is 0 Å². The summed E-state index contributed by atoms with van der Waals surface area (Å²) in [6.07, 6.45) is -0.355. The molecule has 0 saturated heterocycles. The molecule has 3 rings (SSSR count). The summed E-state index contributed by atoms with van der Waals surface area (Å²) in [6.45, 7) is 0. The quantitative estimate of drug-likeness (QED) is 0.381. The standard InChI is InChI=1S/C16H13BrIO3P/c1-20-22(19)16(12-7-9-13(17)10-8-12)14(18)15(21-22)11-5-3-2-4-6-11/h2-10,15H,1H3. The summed E-state index contributed by atoms with van der Waals surface area (Å²) in [4.78, 5) is 0. The smallest absolute Gasteiger partial charge is 0.309 e. The van der Waals surface area contributed by atoms with Gasteiger partial charge in [0.2, 0.25) is 0 Å². The Bertz CT molecular complexity index is 759.